The van der Waals surface area contributed by atoms with Crippen molar-refractivity contribution in [1.29, 1.82) is 0 Å². The van der Waals surface area contributed by atoms with Crippen LogP contribution in [-0.4, -0.2) is 4.98 Å². The van der Waals surface area contributed by atoms with Gasteiger partial charge in [-0.1, -0.05) is 18.2 Å². The van der Waals surface area contributed by atoms with Crippen molar-refractivity contribution < 1.29 is 0 Å². The number of terminal acetylenes is 1. The van der Waals surface area contributed by atoms with Crippen molar-refractivity contribution >= 4 is 10.8 Å². The highest BCUT2D eigenvalue weighted by Gasteiger charge is 1.92. The van der Waals surface area contributed by atoms with E-state index in [1.807, 2.05) is 30.3 Å². The third-order valence-corrected chi connectivity index (χ3v) is 1.68. The Hall–Kier alpha value is -2.01. The monoisotopic (exact) mass is 171 g/mol. The molecule has 0 radical (unpaired) electrons. The molecule has 0 saturated carbocycles. The van der Waals surface area contributed by atoms with Crippen LogP contribution in [0.25, 0.3) is 10.8 Å². The number of fused-ring (bicyclic) bond motifs is 1. The Morgan fingerprint density at radius 1 is 1.08 bits per heavy atom. The first kappa shape index (κ1) is 9.08. The number of aromatic amines is 1. The Morgan fingerprint density at radius 3 is 2.46 bits per heavy atom. The van der Waals surface area contributed by atoms with Gasteiger partial charge in [0.15, 0.2) is 0 Å². The van der Waals surface area contributed by atoms with Crippen molar-refractivity contribution in [3.8, 4) is 12.8 Å². The van der Waals surface area contributed by atoms with Crippen LogP contribution in [0.3, 0.4) is 0 Å². The van der Waals surface area contributed by atoms with Crippen LogP contribution in [0.1, 0.15) is 0 Å². The summed E-state index contributed by atoms with van der Waals surface area (Å²) in [5.41, 5.74) is -0.0249. The molecule has 0 aliphatic carbocycles. The number of hydrogen-bond donors (Lipinski definition) is 1. The highest BCUT2D eigenvalue weighted by Crippen LogP contribution is 2.05. The van der Waals surface area contributed by atoms with Crippen LogP contribution in [-0.2, 0) is 0 Å². The zero-order valence-electron chi connectivity index (χ0n) is 7.03. The van der Waals surface area contributed by atoms with E-state index < -0.39 is 0 Å². The first-order valence-electron chi connectivity index (χ1n) is 3.78. The van der Waals surface area contributed by atoms with Crippen molar-refractivity contribution in [3.05, 3.63) is 46.9 Å². The number of rotatable bonds is 0. The van der Waals surface area contributed by atoms with Crippen LogP contribution in [0.5, 0.6) is 0 Å². The Labute approximate surface area is 76.2 Å². The summed E-state index contributed by atoms with van der Waals surface area (Å²) in [4.78, 5) is 13.7. The largest absolute Gasteiger partial charge is 0.329 e. The van der Waals surface area contributed by atoms with Gasteiger partial charge in [-0.05, 0) is 17.5 Å². The minimum absolute atomic E-state index is 0.0249. The van der Waals surface area contributed by atoms with Crippen LogP contribution in [0.2, 0.25) is 0 Å². The molecule has 2 rings (SSSR count). The Balaban J connectivity index is 0.000000396. The van der Waals surface area contributed by atoms with Gasteiger partial charge < -0.3 is 4.98 Å². The topological polar surface area (TPSA) is 32.9 Å². The van der Waals surface area contributed by atoms with E-state index in [9.17, 15) is 4.79 Å². The van der Waals surface area contributed by atoms with Crippen LogP contribution in [0, 0.1) is 12.8 Å². The van der Waals surface area contributed by atoms with E-state index in [2.05, 4.69) is 17.8 Å². The maximum Gasteiger partial charge on any atom is 0.255 e. The molecule has 13 heavy (non-hydrogen) atoms. The second-order valence-corrected chi connectivity index (χ2v) is 2.39. The number of aromatic nitrogens is 1. The summed E-state index contributed by atoms with van der Waals surface area (Å²) in [5.74, 6) is 0. The molecule has 0 bridgehead atoms. The molecule has 0 amide bonds. The lowest BCUT2D eigenvalue weighted by molar-refractivity contribution is 1.28. The molecule has 0 unspecified atom stereocenters. The third kappa shape index (κ3) is 1.77. The van der Waals surface area contributed by atoms with Gasteiger partial charge in [-0.2, -0.15) is 0 Å². The molecular weight excluding hydrogens is 162 g/mol. The lowest BCUT2D eigenvalue weighted by atomic mass is 10.2. The zero-order chi connectivity index (χ0) is 9.68. The fourth-order valence-electron chi connectivity index (χ4n) is 1.13. The Bertz CT molecular complexity index is 462. The molecular formula is C11H9NO. The second-order valence-electron chi connectivity index (χ2n) is 2.39. The lowest BCUT2D eigenvalue weighted by Gasteiger charge is -1.92. The molecule has 0 fully saturated rings. The van der Waals surface area contributed by atoms with E-state index >= 15 is 0 Å². The number of hydrogen-bond acceptors (Lipinski definition) is 1. The molecule has 2 nitrogen and oxygen atoms in total. The van der Waals surface area contributed by atoms with E-state index in [1.54, 1.807) is 6.20 Å². The summed E-state index contributed by atoms with van der Waals surface area (Å²) in [6.45, 7) is 0. The molecule has 1 aromatic heterocycles. The first-order chi connectivity index (χ1) is 6.38. The molecule has 1 N–H and O–H groups in total. The first-order valence-corrected chi connectivity index (χ1v) is 3.78. The molecule has 0 spiro atoms. The Morgan fingerprint density at radius 2 is 1.77 bits per heavy atom. The summed E-state index contributed by atoms with van der Waals surface area (Å²) in [6.07, 6.45) is 9.66. The minimum Gasteiger partial charge on any atom is -0.329 e. The highest BCUT2D eigenvalue weighted by atomic mass is 16.1. The minimum atomic E-state index is -0.0249. The van der Waals surface area contributed by atoms with Crippen LogP contribution >= 0.6 is 0 Å². The predicted octanol–water partition coefficient (Wildman–Crippen LogP) is 1.78. The normalized spacial score (nSPS) is 8.77. The van der Waals surface area contributed by atoms with E-state index in [4.69, 9.17) is 0 Å². The van der Waals surface area contributed by atoms with Gasteiger partial charge in [-0.3, -0.25) is 4.79 Å². The average Bonchev–Trinajstić information content (AvgIpc) is 2.22. The van der Waals surface area contributed by atoms with Gasteiger partial charge in [0.05, 0.1) is 0 Å². The van der Waals surface area contributed by atoms with Crippen molar-refractivity contribution in [1.82, 2.24) is 4.98 Å². The van der Waals surface area contributed by atoms with Crippen molar-refractivity contribution in [2.24, 2.45) is 0 Å². The van der Waals surface area contributed by atoms with Crippen molar-refractivity contribution in [3.63, 3.8) is 0 Å². The average molecular weight is 171 g/mol. The predicted molar refractivity (Wildman–Crippen MR) is 54.5 cm³/mol. The highest BCUT2D eigenvalue weighted by molar-refractivity contribution is 5.80. The van der Waals surface area contributed by atoms with Crippen LogP contribution < -0.4 is 5.56 Å². The zero-order valence-corrected chi connectivity index (χ0v) is 7.03. The van der Waals surface area contributed by atoms with Gasteiger partial charge in [-0.25, -0.2) is 0 Å². The van der Waals surface area contributed by atoms with E-state index in [0.717, 1.165) is 10.8 Å². The summed E-state index contributed by atoms with van der Waals surface area (Å²) in [7, 11) is 0. The maximum absolute atomic E-state index is 11.1. The fourth-order valence-corrected chi connectivity index (χ4v) is 1.13. The quantitative estimate of drug-likeness (QED) is 0.602. The summed E-state index contributed by atoms with van der Waals surface area (Å²) < 4.78 is 0. The lowest BCUT2D eigenvalue weighted by Crippen LogP contribution is -2.03. The molecule has 0 aliphatic rings. The third-order valence-electron chi connectivity index (χ3n) is 1.68. The number of benzene rings is 1. The van der Waals surface area contributed by atoms with Gasteiger partial charge >= 0.3 is 0 Å². The van der Waals surface area contributed by atoms with Crippen molar-refractivity contribution in [2.75, 3.05) is 0 Å². The Kier molecular flexibility index (Phi) is 2.88. The molecule has 1 aromatic carbocycles. The summed E-state index contributed by atoms with van der Waals surface area (Å²) >= 11 is 0. The molecule has 0 atom stereocenters. The second kappa shape index (κ2) is 4.13. The number of H-pyrrole nitrogens is 1. The standard InChI is InChI=1S/C9H7NO.C2H2/c11-9-8-4-2-1-3-7(8)5-6-10-9;1-2/h1-6H,(H,10,11);1-2H. The van der Waals surface area contributed by atoms with Crippen molar-refractivity contribution in [2.45, 2.75) is 0 Å². The number of nitrogens with one attached hydrogen (secondary N) is 1. The maximum atomic E-state index is 11.1. The molecule has 0 saturated heterocycles. The molecule has 64 valence electrons. The van der Waals surface area contributed by atoms with Gasteiger partial charge in [0.1, 0.15) is 0 Å². The fraction of sp³-hybridized carbons (Fsp3) is 0. The molecule has 0 aliphatic heterocycles. The van der Waals surface area contributed by atoms with E-state index in [-0.39, 0.29) is 5.56 Å². The molecule has 1 heterocycles. The van der Waals surface area contributed by atoms with E-state index in [0.29, 0.717) is 0 Å². The van der Waals surface area contributed by atoms with Gasteiger partial charge in [0.25, 0.3) is 5.56 Å². The molecule has 2 heteroatoms. The molecule has 2 aromatic rings. The van der Waals surface area contributed by atoms with Crippen LogP contribution in [0.15, 0.2) is 41.3 Å². The van der Waals surface area contributed by atoms with Crippen LogP contribution in [0.4, 0.5) is 0 Å². The number of pyridine rings is 1. The van der Waals surface area contributed by atoms with E-state index in [1.165, 1.54) is 0 Å². The van der Waals surface area contributed by atoms with Gasteiger partial charge in [0, 0.05) is 11.6 Å². The SMILES string of the molecule is C#C.O=c1[nH]ccc2ccccc12. The summed E-state index contributed by atoms with van der Waals surface area (Å²) in [5, 5.41) is 1.73. The summed E-state index contributed by atoms with van der Waals surface area (Å²) in [6, 6.07) is 9.40. The van der Waals surface area contributed by atoms with Gasteiger partial charge in [0.2, 0.25) is 0 Å². The van der Waals surface area contributed by atoms with Gasteiger partial charge in [-0.15, -0.1) is 12.8 Å². The smallest absolute Gasteiger partial charge is 0.255 e.